The zero-order valence-electron chi connectivity index (χ0n) is 19.2. The Kier molecular flexibility index (Phi) is 5.32. The predicted octanol–water partition coefficient (Wildman–Crippen LogP) is 4.09. The van der Waals surface area contributed by atoms with Crippen molar-refractivity contribution >= 4 is 22.6 Å². The van der Waals surface area contributed by atoms with E-state index in [1.165, 1.54) is 11.1 Å². The molecule has 4 aromatic rings. The molecule has 5 rings (SSSR count). The number of rotatable bonds is 4. The van der Waals surface area contributed by atoms with Crippen molar-refractivity contribution in [2.24, 2.45) is 0 Å². The van der Waals surface area contributed by atoms with E-state index in [-0.39, 0.29) is 11.8 Å². The fourth-order valence-electron chi connectivity index (χ4n) is 4.90. The van der Waals surface area contributed by atoms with E-state index in [0.29, 0.717) is 18.8 Å². The van der Waals surface area contributed by atoms with Crippen LogP contribution in [0, 0.1) is 20.8 Å². The van der Waals surface area contributed by atoms with E-state index in [0.717, 1.165) is 51.9 Å². The van der Waals surface area contributed by atoms with E-state index in [1.54, 1.807) is 12.5 Å². The lowest BCUT2D eigenvalue weighted by Crippen LogP contribution is -2.30. The van der Waals surface area contributed by atoms with Crippen molar-refractivity contribution in [2.75, 3.05) is 18.8 Å². The first-order valence-electron chi connectivity index (χ1n) is 11.3. The average molecular weight is 441 g/mol. The lowest BCUT2D eigenvalue weighted by atomic mass is 9.96. The van der Waals surface area contributed by atoms with Crippen LogP contribution in [-0.2, 0) is 11.2 Å². The molecule has 0 radical (unpaired) electrons. The van der Waals surface area contributed by atoms with Gasteiger partial charge in [0.1, 0.15) is 12.1 Å². The third-order valence-corrected chi connectivity index (χ3v) is 6.92. The molecule has 1 amide bonds. The molecule has 1 aliphatic rings. The molecule has 0 aliphatic carbocycles. The lowest BCUT2D eigenvalue weighted by molar-refractivity contribution is -0.129. The van der Waals surface area contributed by atoms with Gasteiger partial charge in [-0.05, 0) is 61.6 Å². The van der Waals surface area contributed by atoms with E-state index < -0.39 is 0 Å². The first-order chi connectivity index (χ1) is 15.9. The van der Waals surface area contributed by atoms with Gasteiger partial charge in [0.2, 0.25) is 5.91 Å². The van der Waals surface area contributed by atoms with Crippen LogP contribution in [0.5, 0.6) is 0 Å². The zero-order chi connectivity index (χ0) is 23.1. The smallest absolute Gasteiger partial charge is 0.227 e. The Hall–Kier alpha value is -3.74. The molecule has 168 valence electrons. The highest BCUT2D eigenvalue weighted by atomic mass is 16.2. The van der Waals surface area contributed by atoms with Crippen molar-refractivity contribution in [3.05, 3.63) is 71.1 Å². The number of nitrogen functional groups attached to an aromatic ring is 1. The average Bonchev–Trinajstić information content (AvgIpc) is 3.42. The number of nitrogens with one attached hydrogen (secondary N) is 1. The minimum Gasteiger partial charge on any atom is -0.384 e. The van der Waals surface area contributed by atoms with Crippen molar-refractivity contribution in [3.63, 3.8) is 0 Å². The molecule has 3 aromatic heterocycles. The fourth-order valence-corrected chi connectivity index (χ4v) is 4.90. The summed E-state index contributed by atoms with van der Waals surface area (Å²) in [7, 11) is 0. The Morgan fingerprint density at radius 2 is 2.06 bits per heavy atom. The number of carbonyl (C=O) groups excluding carboxylic acids is 1. The first-order valence-corrected chi connectivity index (χ1v) is 11.3. The fraction of sp³-hybridized carbons (Fsp3) is 0.308. The Bertz CT molecular complexity index is 1360. The maximum atomic E-state index is 13.3. The second-order valence-electron chi connectivity index (χ2n) is 8.95. The monoisotopic (exact) mass is 440 g/mol. The van der Waals surface area contributed by atoms with Gasteiger partial charge >= 0.3 is 0 Å². The maximum absolute atomic E-state index is 13.3. The van der Waals surface area contributed by atoms with Crippen LogP contribution in [0.25, 0.3) is 22.0 Å². The summed E-state index contributed by atoms with van der Waals surface area (Å²) in [5.74, 6) is 0.781. The van der Waals surface area contributed by atoms with Crippen LogP contribution >= 0.6 is 0 Å². The van der Waals surface area contributed by atoms with Crippen molar-refractivity contribution < 1.29 is 4.79 Å². The molecular weight excluding hydrogens is 412 g/mol. The number of fused-ring (bicyclic) bond motifs is 1. The van der Waals surface area contributed by atoms with Crippen LogP contribution in [0.4, 0.5) is 5.82 Å². The number of anilines is 1. The van der Waals surface area contributed by atoms with E-state index >= 15 is 0 Å². The third kappa shape index (κ3) is 3.84. The molecule has 7 nitrogen and oxygen atoms in total. The number of aromatic amines is 1. The molecule has 1 atom stereocenters. The molecule has 0 bridgehead atoms. The molecule has 33 heavy (non-hydrogen) atoms. The maximum Gasteiger partial charge on any atom is 0.227 e. The van der Waals surface area contributed by atoms with Gasteiger partial charge in [-0.25, -0.2) is 15.0 Å². The number of likely N-dealkylation sites (tertiary alicyclic amines) is 1. The molecule has 1 aliphatic heterocycles. The van der Waals surface area contributed by atoms with Gasteiger partial charge in [0.15, 0.2) is 0 Å². The van der Waals surface area contributed by atoms with Crippen molar-refractivity contribution in [1.82, 2.24) is 24.8 Å². The van der Waals surface area contributed by atoms with Crippen LogP contribution in [0.15, 0.2) is 43.0 Å². The molecule has 4 heterocycles. The molecule has 3 N–H and O–H groups in total. The van der Waals surface area contributed by atoms with Crippen LogP contribution < -0.4 is 5.73 Å². The summed E-state index contributed by atoms with van der Waals surface area (Å²) in [6.07, 6.45) is 6.37. The minimum absolute atomic E-state index is 0.156. The van der Waals surface area contributed by atoms with Gasteiger partial charge in [-0.3, -0.25) is 4.79 Å². The van der Waals surface area contributed by atoms with Crippen molar-refractivity contribution in [2.45, 2.75) is 39.5 Å². The number of hydrogen-bond acceptors (Lipinski definition) is 5. The topological polar surface area (TPSA) is 101 Å². The molecule has 1 aromatic carbocycles. The SMILES string of the molecule is Cc1ccc2c(CC(=O)N3CC[C@@H](c4ncncc4-c4ccnc(N)c4)C3)c(C)[nH]c2c1C. The number of aromatic nitrogens is 4. The number of aryl methyl sites for hydroxylation is 3. The number of amides is 1. The molecule has 0 unspecified atom stereocenters. The number of H-pyrrole nitrogens is 1. The number of carbonyl (C=O) groups is 1. The number of nitrogens with zero attached hydrogens (tertiary/aromatic N) is 4. The highest BCUT2D eigenvalue weighted by Gasteiger charge is 2.30. The van der Waals surface area contributed by atoms with Crippen LogP contribution in [0.1, 0.15) is 40.4 Å². The summed E-state index contributed by atoms with van der Waals surface area (Å²) >= 11 is 0. The van der Waals surface area contributed by atoms with E-state index in [2.05, 4.69) is 52.8 Å². The Morgan fingerprint density at radius 3 is 2.88 bits per heavy atom. The predicted molar refractivity (Wildman–Crippen MR) is 130 cm³/mol. The highest BCUT2D eigenvalue weighted by Crippen LogP contribution is 2.34. The third-order valence-electron chi connectivity index (χ3n) is 6.92. The van der Waals surface area contributed by atoms with Gasteiger partial charge in [-0.1, -0.05) is 12.1 Å². The van der Waals surface area contributed by atoms with Gasteiger partial charge in [-0.15, -0.1) is 0 Å². The minimum atomic E-state index is 0.156. The van der Waals surface area contributed by atoms with Gasteiger partial charge < -0.3 is 15.6 Å². The molecular formula is C26H28N6O. The van der Waals surface area contributed by atoms with E-state index in [1.807, 2.05) is 23.2 Å². The standard InChI is InChI=1S/C26H28N6O/c1-15-4-5-20-21(17(3)31-25(20)16(15)2)11-24(33)32-9-7-19(13-32)26-22(12-28-14-30-26)18-6-8-29-23(27)10-18/h4-6,8,10,12,14,19,31H,7,9,11,13H2,1-3H3,(H2,27,29)/t19-/m1/s1. The van der Waals surface area contributed by atoms with Crippen LogP contribution in [-0.4, -0.2) is 43.8 Å². The van der Waals surface area contributed by atoms with E-state index in [4.69, 9.17) is 5.73 Å². The van der Waals surface area contributed by atoms with Gasteiger partial charge in [-0.2, -0.15) is 0 Å². The molecule has 0 saturated carbocycles. The second-order valence-corrected chi connectivity index (χ2v) is 8.95. The van der Waals surface area contributed by atoms with Crippen molar-refractivity contribution in [3.8, 4) is 11.1 Å². The number of hydrogen-bond donors (Lipinski definition) is 2. The Balaban J connectivity index is 1.37. The summed E-state index contributed by atoms with van der Waals surface area (Å²) in [6.45, 7) is 7.67. The summed E-state index contributed by atoms with van der Waals surface area (Å²) < 4.78 is 0. The van der Waals surface area contributed by atoms with Gasteiger partial charge in [0.05, 0.1) is 12.1 Å². The normalized spacial score (nSPS) is 16.0. The Labute approximate surface area is 193 Å². The summed E-state index contributed by atoms with van der Waals surface area (Å²) in [5, 5.41) is 1.15. The molecule has 1 saturated heterocycles. The quantitative estimate of drug-likeness (QED) is 0.498. The van der Waals surface area contributed by atoms with Gasteiger partial charge in [0, 0.05) is 53.6 Å². The van der Waals surface area contributed by atoms with Crippen molar-refractivity contribution in [1.29, 1.82) is 0 Å². The number of nitrogens with two attached hydrogens (primary N) is 1. The first kappa shape index (κ1) is 21.1. The Morgan fingerprint density at radius 1 is 1.21 bits per heavy atom. The summed E-state index contributed by atoms with van der Waals surface area (Å²) in [6, 6.07) is 8.01. The zero-order valence-corrected chi connectivity index (χ0v) is 19.2. The summed E-state index contributed by atoms with van der Waals surface area (Å²) in [4.78, 5) is 31.7. The van der Waals surface area contributed by atoms with Gasteiger partial charge in [0.25, 0.3) is 0 Å². The highest BCUT2D eigenvalue weighted by molar-refractivity contribution is 5.92. The molecule has 7 heteroatoms. The molecule has 0 spiro atoms. The second kappa shape index (κ2) is 8.31. The van der Waals surface area contributed by atoms with E-state index in [9.17, 15) is 4.79 Å². The largest absolute Gasteiger partial charge is 0.384 e. The summed E-state index contributed by atoms with van der Waals surface area (Å²) in [5.41, 5.74) is 14.5. The lowest BCUT2D eigenvalue weighted by Gasteiger charge is -2.18. The number of pyridine rings is 1. The number of benzene rings is 1. The van der Waals surface area contributed by atoms with Crippen LogP contribution in [0.2, 0.25) is 0 Å². The molecule has 1 fully saturated rings. The van der Waals surface area contributed by atoms with Crippen LogP contribution in [0.3, 0.4) is 0 Å².